The number of benzene rings is 2. The van der Waals surface area contributed by atoms with Gasteiger partial charge in [0.15, 0.2) is 0 Å². The largest absolute Gasteiger partial charge is 0.352 e. The number of likely N-dealkylation sites (tertiary alicyclic amines) is 2. The van der Waals surface area contributed by atoms with Crippen molar-refractivity contribution in [3.8, 4) is 0 Å². The van der Waals surface area contributed by atoms with Crippen LogP contribution in [-0.4, -0.2) is 61.0 Å². The minimum absolute atomic E-state index is 0.00999. The minimum atomic E-state index is -0.0548. The maximum Gasteiger partial charge on any atom is 0.321 e. The second-order valence-corrected chi connectivity index (χ2v) is 9.55. The Hall–Kier alpha value is -2.86. The molecule has 34 heavy (non-hydrogen) atoms. The number of hydrogen-bond acceptors (Lipinski definition) is 3. The van der Waals surface area contributed by atoms with Gasteiger partial charge in [-0.15, -0.1) is 0 Å². The maximum atomic E-state index is 12.9. The monoisotopic (exact) mass is 462 g/mol. The van der Waals surface area contributed by atoms with Crippen molar-refractivity contribution < 1.29 is 9.59 Å². The van der Waals surface area contributed by atoms with Crippen molar-refractivity contribution >= 4 is 17.6 Å². The molecule has 0 aliphatic carbocycles. The minimum Gasteiger partial charge on any atom is -0.352 e. The van der Waals surface area contributed by atoms with Gasteiger partial charge in [-0.1, -0.05) is 31.2 Å². The van der Waals surface area contributed by atoms with Gasteiger partial charge in [-0.05, 0) is 93.6 Å². The summed E-state index contributed by atoms with van der Waals surface area (Å²) in [5.74, 6) is 0.231. The van der Waals surface area contributed by atoms with E-state index in [2.05, 4.69) is 40.7 Å². The summed E-state index contributed by atoms with van der Waals surface area (Å²) >= 11 is 0. The summed E-state index contributed by atoms with van der Waals surface area (Å²) in [6.07, 6.45) is 6.55. The first kappa shape index (κ1) is 24.3. The zero-order valence-corrected chi connectivity index (χ0v) is 20.4. The van der Waals surface area contributed by atoms with E-state index >= 15 is 0 Å². The molecule has 2 aliphatic rings. The van der Waals surface area contributed by atoms with Crippen LogP contribution >= 0.6 is 0 Å². The number of rotatable bonds is 8. The summed E-state index contributed by atoms with van der Waals surface area (Å²) in [6.45, 7) is 7.69. The van der Waals surface area contributed by atoms with E-state index in [0.29, 0.717) is 18.7 Å². The van der Waals surface area contributed by atoms with Crippen molar-refractivity contribution in [2.24, 2.45) is 0 Å². The molecule has 2 aromatic rings. The summed E-state index contributed by atoms with van der Waals surface area (Å²) < 4.78 is 0. The molecule has 3 amide bonds. The first-order valence-electron chi connectivity index (χ1n) is 12.9. The zero-order valence-electron chi connectivity index (χ0n) is 20.4. The lowest BCUT2D eigenvalue weighted by Gasteiger charge is -2.33. The number of carbonyl (C=O) groups excluding carboxylic acids is 2. The van der Waals surface area contributed by atoms with Gasteiger partial charge in [-0.25, -0.2) is 4.79 Å². The highest BCUT2D eigenvalue weighted by Gasteiger charge is 2.25. The molecule has 2 saturated heterocycles. The third-order valence-electron chi connectivity index (χ3n) is 7.08. The lowest BCUT2D eigenvalue weighted by atomic mass is 9.89. The number of nitrogens with one attached hydrogen (secondary N) is 2. The predicted octanol–water partition coefficient (Wildman–Crippen LogP) is 4.88. The Morgan fingerprint density at radius 1 is 1.00 bits per heavy atom. The number of amides is 3. The smallest absolute Gasteiger partial charge is 0.321 e. The van der Waals surface area contributed by atoms with E-state index in [9.17, 15) is 9.59 Å². The second kappa shape index (κ2) is 12.0. The SMILES string of the molecule is CCc1ccc(NC(=O)N2CCCC(c3cccc(C(=O)NCCCN4CCCC4)c3)C2)cc1. The predicted molar refractivity (Wildman–Crippen MR) is 137 cm³/mol. The fraction of sp³-hybridized carbons (Fsp3) is 0.500. The number of anilines is 1. The van der Waals surface area contributed by atoms with Gasteiger partial charge in [-0.2, -0.15) is 0 Å². The number of piperidine rings is 1. The van der Waals surface area contributed by atoms with Crippen molar-refractivity contribution in [1.29, 1.82) is 0 Å². The third kappa shape index (κ3) is 6.60. The Morgan fingerprint density at radius 3 is 2.56 bits per heavy atom. The Bertz CT molecular complexity index is 953. The molecule has 1 unspecified atom stereocenters. The molecule has 6 nitrogen and oxygen atoms in total. The van der Waals surface area contributed by atoms with E-state index < -0.39 is 0 Å². The zero-order chi connectivity index (χ0) is 23.8. The molecule has 2 aromatic carbocycles. The molecule has 182 valence electrons. The molecule has 1 atom stereocenters. The van der Waals surface area contributed by atoms with E-state index in [0.717, 1.165) is 50.0 Å². The average molecular weight is 463 g/mol. The lowest BCUT2D eigenvalue weighted by molar-refractivity contribution is 0.0951. The summed E-state index contributed by atoms with van der Waals surface area (Å²) in [6, 6.07) is 15.9. The molecule has 0 aromatic heterocycles. The molecule has 0 bridgehead atoms. The van der Waals surface area contributed by atoms with Crippen LogP contribution in [0.25, 0.3) is 0 Å². The number of nitrogens with zero attached hydrogens (tertiary/aromatic N) is 2. The van der Waals surface area contributed by atoms with Gasteiger partial charge < -0.3 is 20.4 Å². The number of hydrogen-bond donors (Lipinski definition) is 2. The van der Waals surface area contributed by atoms with Crippen molar-refractivity contribution in [3.05, 3.63) is 65.2 Å². The Labute approximate surface area is 203 Å². The van der Waals surface area contributed by atoms with Crippen LogP contribution in [0.15, 0.2) is 48.5 Å². The van der Waals surface area contributed by atoms with Gasteiger partial charge in [0.2, 0.25) is 0 Å². The van der Waals surface area contributed by atoms with Crippen molar-refractivity contribution in [3.63, 3.8) is 0 Å². The fourth-order valence-corrected chi connectivity index (χ4v) is 5.01. The van der Waals surface area contributed by atoms with Crippen LogP contribution < -0.4 is 10.6 Å². The first-order chi connectivity index (χ1) is 16.6. The molecular formula is C28H38N4O2. The van der Waals surface area contributed by atoms with Crippen LogP contribution in [-0.2, 0) is 6.42 Å². The van der Waals surface area contributed by atoms with E-state index in [4.69, 9.17) is 0 Å². The topological polar surface area (TPSA) is 64.7 Å². The normalized spacial score (nSPS) is 18.6. The molecule has 2 heterocycles. The highest BCUT2D eigenvalue weighted by atomic mass is 16.2. The highest BCUT2D eigenvalue weighted by molar-refractivity contribution is 5.94. The molecular weight excluding hydrogens is 424 g/mol. The molecule has 2 fully saturated rings. The van der Waals surface area contributed by atoms with Crippen molar-refractivity contribution in [2.75, 3.05) is 44.6 Å². The van der Waals surface area contributed by atoms with Gasteiger partial charge in [-0.3, -0.25) is 4.79 Å². The highest BCUT2D eigenvalue weighted by Crippen LogP contribution is 2.28. The van der Waals surface area contributed by atoms with Crippen LogP contribution in [0.1, 0.15) is 66.4 Å². The quantitative estimate of drug-likeness (QED) is 0.550. The van der Waals surface area contributed by atoms with Crippen LogP contribution in [0.4, 0.5) is 10.5 Å². The van der Waals surface area contributed by atoms with E-state index in [1.54, 1.807) is 0 Å². The lowest BCUT2D eigenvalue weighted by Crippen LogP contribution is -2.41. The van der Waals surface area contributed by atoms with Crippen molar-refractivity contribution in [2.45, 2.75) is 51.4 Å². The Morgan fingerprint density at radius 2 is 1.79 bits per heavy atom. The van der Waals surface area contributed by atoms with Gasteiger partial charge in [0.05, 0.1) is 0 Å². The van der Waals surface area contributed by atoms with Gasteiger partial charge in [0.1, 0.15) is 0 Å². The van der Waals surface area contributed by atoms with Crippen LogP contribution in [0.5, 0.6) is 0 Å². The Kier molecular flexibility index (Phi) is 8.58. The molecule has 4 rings (SSSR count). The number of urea groups is 1. The van der Waals surface area contributed by atoms with Crippen LogP contribution in [0.2, 0.25) is 0 Å². The maximum absolute atomic E-state index is 12.9. The molecule has 0 spiro atoms. The molecule has 2 N–H and O–H groups in total. The standard InChI is InChI=1S/C28H38N4O2/c1-2-22-11-13-26(14-12-22)30-28(34)32-19-6-10-25(21-32)23-8-5-9-24(20-23)27(33)29-15-7-18-31-16-3-4-17-31/h5,8-9,11-14,20,25H,2-4,6-7,10,15-19,21H2,1H3,(H,29,33)(H,30,34). The molecule has 0 radical (unpaired) electrons. The molecule has 0 saturated carbocycles. The third-order valence-corrected chi connectivity index (χ3v) is 7.08. The number of carbonyl (C=O) groups is 2. The van der Waals surface area contributed by atoms with Gasteiger partial charge in [0, 0.05) is 36.8 Å². The summed E-state index contributed by atoms with van der Waals surface area (Å²) in [7, 11) is 0. The summed E-state index contributed by atoms with van der Waals surface area (Å²) in [4.78, 5) is 29.9. The summed E-state index contributed by atoms with van der Waals surface area (Å²) in [5, 5.41) is 6.11. The first-order valence-corrected chi connectivity index (χ1v) is 12.9. The van der Waals surface area contributed by atoms with Gasteiger partial charge >= 0.3 is 6.03 Å². The Balaban J connectivity index is 1.29. The fourth-order valence-electron chi connectivity index (χ4n) is 5.01. The summed E-state index contributed by atoms with van der Waals surface area (Å²) in [5.41, 5.74) is 3.92. The molecule has 6 heteroatoms. The van der Waals surface area contributed by atoms with Crippen molar-refractivity contribution in [1.82, 2.24) is 15.1 Å². The van der Waals surface area contributed by atoms with Crippen LogP contribution in [0.3, 0.4) is 0 Å². The average Bonchev–Trinajstić information content (AvgIpc) is 3.41. The molecule has 2 aliphatic heterocycles. The van der Waals surface area contributed by atoms with E-state index in [1.807, 2.05) is 35.2 Å². The van der Waals surface area contributed by atoms with E-state index in [1.165, 1.54) is 31.5 Å². The van der Waals surface area contributed by atoms with Gasteiger partial charge in [0.25, 0.3) is 5.91 Å². The van der Waals surface area contributed by atoms with E-state index in [-0.39, 0.29) is 17.9 Å². The number of aryl methyl sites for hydroxylation is 1. The second-order valence-electron chi connectivity index (χ2n) is 9.55. The van der Waals surface area contributed by atoms with Crippen LogP contribution in [0, 0.1) is 0 Å².